The van der Waals surface area contributed by atoms with Crippen molar-refractivity contribution in [1.82, 2.24) is 4.98 Å². The van der Waals surface area contributed by atoms with Gasteiger partial charge in [-0.05, 0) is 42.5 Å². The van der Waals surface area contributed by atoms with Gasteiger partial charge in [0.15, 0.2) is 0 Å². The Labute approximate surface area is 76.2 Å². The largest absolute Gasteiger partial charge is 0.264 e. The van der Waals surface area contributed by atoms with Gasteiger partial charge in [-0.1, -0.05) is 0 Å². The van der Waals surface area contributed by atoms with Gasteiger partial charge in [0, 0.05) is 17.8 Å². The number of nitrogens with zero attached hydrogens (tertiary/aromatic N) is 1. The average Bonchev–Trinajstić information content (AvgIpc) is 2.12. The number of hydrogen-bond donors (Lipinski definition) is 0. The summed E-state index contributed by atoms with van der Waals surface area (Å²) in [5, 5.41) is 1.98. The van der Waals surface area contributed by atoms with Gasteiger partial charge in [-0.15, -0.1) is 0 Å². The van der Waals surface area contributed by atoms with Crippen LogP contribution in [0.1, 0.15) is 11.1 Å². The number of pyridine rings is 1. The minimum atomic E-state index is -0.151. The monoisotopic (exact) mass is 175 g/mol. The number of halogens is 1. The quantitative estimate of drug-likeness (QED) is 0.599. The van der Waals surface area contributed by atoms with Crippen molar-refractivity contribution in [2.75, 3.05) is 0 Å². The molecule has 13 heavy (non-hydrogen) atoms. The first-order valence-electron chi connectivity index (χ1n) is 4.19. The summed E-state index contributed by atoms with van der Waals surface area (Å²) in [6.45, 7) is 3.74. The average molecular weight is 175 g/mol. The fourth-order valence-electron chi connectivity index (χ4n) is 1.63. The van der Waals surface area contributed by atoms with Gasteiger partial charge >= 0.3 is 0 Å². The second-order valence-corrected chi connectivity index (χ2v) is 3.23. The van der Waals surface area contributed by atoms with Crippen LogP contribution in [-0.4, -0.2) is 4.98 Å². The highest BCUT2D eigenvalue weighted by Crippen LogP contribution is 2.22. The van der Waals surface area contributed by atoms with E-state index < -0.39 is 0 Å². The Morgan fingerprint density at radius 1 is 1.15 bits per heavy atom. The predicted octanol–water partition coefficient (Wildman–Crippen LogP) is 2.99. The van der Waals surface area contributed by atoms with Crippen molar-refractivity contribution in [3.05, 3.63) is 41.5 Å². The van der Waals surface area contributed by atoms with E-state index in [4.69, 9.17) is 0 Å². The Morgan fingerprint density at radius 3 is 2.69 bits per heavy atom. The molecule has 66 valence electrons. The molecule has 0 fully saturated rings. The number of aromatic nitrogens is 1. The number of benzene rings is 1. The fourth-order valence-corrected chi connectivity index (χ4v) is 1.63. The first-order valence-corrected chi connectivity index (χ1v) is 4.19. The van der Waals surface area contributed by atoms with Crippen LogP contribution in [0.3, 0.4) is 0 Å². The first kappa shape index (κ1) is 8.17. The molecule has 1 nitrogen and oxygen atoms in total. The fraction of sp³-hybridized carbons (Fsp3) is 0.182. The van der Waals surface area contributed by atoms with Crippen LogP contribution in [0.5, 0.6) is 0 Å². The smallest absolute Gasteiger partial charge is 0.126 e. The van der Waals surface area contributed by atoms with Crippen molar-refractivity contribution in [1.29, 1.82) is 0 Å². The van der Waals surface area contributed by atoms with E-state index in [1.165, 1.54) is 6.07 Å². The standard InChI is InChI=1S/C11H10FN/c1-7-5-13-6-9-3-4-10(12)8(2)11(7)9/h3-6H,1-2H3. The number of hydrogen-bond acceptors (Lipinski definition) is 1. The maximum atomic E-state index is 13.2. The summed E-state index contributed by atoms with van der Waals surface area (Å²) in [7, 11) is 0. The summed E-state index contributed by atoms with van der Waals surface area (Å²) in [5.41, 5.74) is 1.73. The maximum Gasteiger partial charge on any atom is 0.126 e. The normalized spacial score (nSPS) is 10.7. The molecular formula is C11H10FN. The molecule has 0 atom stereocenters. The van der Waals surface area contributed by atoms with Crippen molar-refractivity contribution < 1.29 is 4.39 Å². The third-order valence-electron chi connectivity index (χ3n) is 2.31. The summed E-state index contributed by atoms with van der Waals surface area (Å²) in [4.78, 5) is 4.06. The zero-order valence-corrected chi connectivity index (χ0v) is 7.63. The van der Waals surface area contributed by atoms with Crippen LogP contribution in [0, 0.1) is 19.7 Å². The number of fused-ring (bicyclic) bond motifs is 1. The lowest BCUT2D eigenvalue weighted by molar-refractivity contribution is 0.621. The number of aryl methyl sites for hydroxylation is 2. The van der Waals surface area contributed by atoms with Gasteiger partial charge in [-0.2, -0.15) is 0 Å². The van der Waals surface area contributed by atoms with Crippen LogP contribution in [0.15, 0.2) is 24.5 Å². The Bertz CT molecular complexity index is 463. The second-order valence-electron chi connectivity index (χ2n) is 3.23. The van der Waals surface area contributed by atoms with Gasteiger partial charge in [-0.3, -0.25) is 4.98 Å². The van der Waals surface area contributed by atoms with Gasteiger partial charge in [0.25, 0.3) is 0 Å². The summed E-state index contributed by atoms with van der Waals surface area (Å²) in [6.07, 6.45) is 3.52. The minimum Gasteiger partial charge on any atom is -0.264 e. The Balaban J connectivity index is 2.97. The van der Waals surface area contributed by atoms with Crippen molar-refractivity contribution in [2.45, 2.75) is 13.8 Å². The summed E-state index contributed by atoms with van der Waals surface area (Å²) < 4.78 is 13.2. The molecule has 0 radical (unpaired) electrons. The SMILES string of the molecule is Cc1cncc2ccc(F)c(C)c12. The molecule has 2 rings (SSSR count). The van der Waals surface area contributed by atoms with E-state index in [9.17, 15) is 4.39 Å². The molecule has 2 heteroatoms. The summed E-state index contributed by atoms with van der Waals surface area (Å²) in [6, 6.07) is 3.25. The van der Waals surface area contributed by atoms with Crippen LogP contribution in [0.4, 0.5) is 4.39 Å². The Morgan fingerprint density at radius 2 is 1.92 bits per heavy atom. The van der Waals surface area contributed by atoms with Gasteiger partial charge < -0.3 is 0 Å². The van der Waals surface area contributed by atoms with Gasteiger partial charge in [0.1, 0.15) is 5.82 Å². The molecular weight excluding hydrogens is 165 g/mol. The van der Waals surface area contributed by atoms with Crippen LogP contribution >= 0.6 is 0 Å². The molecule has 0 aliphatic carbocycles. The van der Waals surface area contributed by atoms with Crippen LogP contribution in [0.25, 0.3) is 10.8 Å². The van der Waals surface area contributed by atoms with Crippen molar-refractivity contribution >= 4 is 10.8 Å². The van der Waals surface area contributed by atoms with E-state index in [1.807, 2.05) is 6.92 Å². The third kappa shape index (κ3) is 1.18. The Kier molecular flexibility index (Phi) is 1.76. The molecule has 0 amide bonds. The van der Waals surface area contributed by atoms with Crippen LogP contribution in [-0.2, 0) is 0 Å². The lowest BCUT2D eigenvalue weighted by atomic mass is 10.0. The lowest BCUT2D eigenvalue weighted by Gasteiger charge is -2.05. The molecule has 0 aliphatic heterocycles. The molecule has 0 saturated heterocycles. The maximum absolute atomic E-state index is 13.2. The highest BCUT2D eigenvalue weighted by molar-refractivity contribution is 5.87. The van der Waals surface area contributed by atoms with Crippen LogP contribution < -0.4 is 0 Å². The zero-order chi connectivity index (χ0) is 9.42. The topological polar surface area (TPSA) is 12.9 Å². The predicted molar refractivity (Wildman–Crippen MR) is 51.2 cm³/mol. The molecule has 0 spiro atoms. The van der Waals surface area contributed by atoms with Gasteiger partial charge in [0.05, 0.1) is 0 Å². The molecule has 1 heterocycles. The molecule has 0 unspecified atom stereocenters. The van der Waals surface area contributed by atoms with E-state index >= 15 is 0 Å². The van der Waals surface area contributed by atoms with Crippen LogP contribution in [0.2, 0.25) is 0 Å². The highest BCUT2D eigenvalue weighted by Gasteiger charge is 2.04. The molecule has 2 aromatic rings. The van der Waals surface area contributed by atoms with Gasteiger partial charge in [-0.25, -0.2) is 4.39 Å². The summed E-state index contributed by atoms with van der Waals surface area (Å²) >= 11 is 0. The molecule has 0 N–H and O–H groups in total. The minimum absolute atomic E-state index is 0.151. The van der Waals surface area contributed by atoms with E-state index in [0.29, 0.717) is 5.56 Å². The third-order valence-corrected chi connectivity index (χ3v) is 2.31. The second kappa shape index (κ2) is 2.80. The highest BCUT2D eigenvalue weighted by atomic mass is 19.1. The van der Waals surface area contributed by atoms with E-state index in [2.05, 4.69) is 4.98 Å². The van der Waals surface area contributed by atoms with Crippen molar-refractivity contribution in [3.63, 3.8) is 0 Å². The molecule has 1 aromatic carbocycles. The van der Waals surface area contributed by atoms with E-state index in [1.54, 1.807) is 25.4 Å². The van der Waals surface area contributed by atoms with Gasteiger partial charge in [0.2, 0.25) is 0 Å². The van der Waals surface area contributed by atoms with E-state index in [-0.39, 0.29) is 5.82 Å². The first-order chi connectivity index (χ1) is 6.20. The summed E-state index contributed by atoms with van der Waals surface area (Å²) in [5.74, 6) is -0.151. The van der Waals surface area contributed by atoms with Crippen molar-refractivity contribution in [3.8, 4) is 0 Å². The lowest BCUT2D eigenvalue weighted by Crippen LogP contribution is -1.88. The van der Waals surface area contributed by atoms with E-state index in [0.717, 1.165) is 16.3 Å². The Hall–Kier alpha value is -1.44. The van der Waals surface area contributed by atoms with Crippen molar-refractivity contribution in [2.24, 2.45) is 0 Å². The number of rotatable bonds is 0. The zero-order valence-electron chi connectivity index (χ0n) is 7.63. The molecule has 0 saturated carbocycles. The molecule has 0 aliphatic rings. The molecule has 0 bridgehead atoms. The molecule has 1 aromatic heterocycles.